The largest absolute Gasteiger partial charge is 0.369 e. The lowest BCUT2D eigenvalue weighted by atomic mass is 10.1. The molecule has 4 aromatic rings. The predicted octanol–water partition coefficient (Wildman–Crippen LogP) is 5.44. The zero-order chi connectivity index (χ0) is 26.8. The number of hydrogen-bond donors (Lipinski definition) is 4. The highest BCUT2D eigenvalue weighted by atomic mass is 32.2. The van der Waals surface area contributed by atoms with Crippen LogP contribution in [-0.2, 0) is 19.8 Å². The van der Waals surface area contributed by atoms with Gasteiger partial charge in [0.25, 0.3) is 10.0 Å². The zero-order valence-electron chi connectivity index (χ0n) is 20.1. The molecule has 3 aromatic carbocycles. The first-order valence-corrected chi connectivity index (χ1v) is 15.0. The SMILES string of the molecule is N=S1(=O)CCCCNc2nc(ncc2-c2ccc(NS(=O)(=O)c3ccccc3)c(F)c2)Nc2cccc1c2. The van der Waals surface area contributed by atoms with Crippen LogP contribution in [0.3, 0.4) is 0 Å². The maximum atomic E-state index is 15.1. The van der Waals surface area contributed by atoms with Crippen LogP contribution in [0.15, 0.2) is 88.8 Å². The van der Waals surface area contributed by atoms with Crippen LogP contribution in [0.4, 0.5) is 27.5 Å². The Bertz CT molecular complexity index is 1700. The molecule has 0 spiro atoms. The first-order chi connectivity index (χ1) is 18.2. The van der Waals surface area contributed by atoms with Crippen molar-refractivity contribution in [3.63, 3.8) is 0 Å². The summed E-state index contributed by atoms with van der Waals surface area (Å²) in [5.41, 5.74) is 1.41. The van der Waals surface area contributed by atoms with Gasteiger partial charge in [0.15, 0.2) is 0 Å². The number of halogens is 1. The van der Waals surface area contributed by atoms with Crippen molar-refractivity contribution < 1.29 is 17.0 Å². The molecule has 0 radical (unpaired) electrons. The Hall–Kier alpha value is -4.03. The smallest absolute Gasteiger partial charge is 0.261 e. The van der Waals surface area contributed by atoms with Gasteiger partial charge in [0.2, 0.25) is 5.95 Å². The molecule has 4 N–H and O–H groups in total. The minimum Gasteiger partial charge on any atom is -0.369 e. The number of fused-ring (bicyclic) bond motifs is 4. The summed E-state index contributed by atoms with van der Waals surface area (Å²) < 4.78 is 63.8. The quantitative estimate of drug-likeness (QED) is 0.265. The van der Waals surface area contributed by atoms with Crippen LogP contribution >= 0.6 is 0 Å². The number of rotatable bonds is 4. The summed E-state index contributed by atoms with van der Waals surface area (Å²) in [5.74, 6) is 0.223. The number of aromatic nitrogens is 2. The number of anilines is 4. The van der Waals surface area contributed by atoms with Crippen molar-refractivity contribution in [2.45, 2.75) is 22.6 Å². The van der Waals surface area contributed by atoms with E-state index in [0.29, 0.717) is 46.9 Å². The molecule has 0 amide bonds. The normalized spacial score (nSPS) is 17.6. The van der Waals surface area contributed by atoms with E-state index in [4.69, 9.17) is 4.78 Å². The lowest BCUT2D eigenvalue weighted by Crippen LogP contribution is -2.14. The lowest BCUT2D eigenvalue weighted by Gasteiger charge is -2.14. The van der Waals surface area contributed by atoms with E-state index in [9.17, 15) is 12.6 Å². The van der Waals surface area contributed by atoms with Crippen LogP contribution in [-0.4, -0.2) is 34.9 Å². The second-order valence-corrected chi connectivity index (χ2v) is 12.6. The molecule has 1 aliphatic heterocycles. The fraction of sp³-hybridized carbons (Fsp3) is 0.154. The summed E-state index contributed by atoms with van der Waals surface area (Å²) in [5, 5.41) is 6.32. The number of nitrogens with zero attached hydrogens (tertiary/aromatic N) is 2. The Labute approximate surface area is 220 Å². The number of hydrogen-bond acceptors (Lipinski definition) is 8. The Balaban J connectivity index is 1.45. The van der Waals surface area contributed by atoms with Gasteiger partial charge < -0.3 is 10.6 Å². The molecule has 12 heteroatoms. The molecule has 0 aliphatic carbocycles. The fourth-order valence-corrected chi connectivity index (χ4v) is 6.57. The molecule has 4 bridgehead atoms. The van der Waals surface area contributed by atoms with E-state index in [2.05, 4.69) is 25.3 Å². The Kier molecular flexibility index (Phi) is 7.00. The van der Waals surface area contributed by atoms with Crippen molar-refractivity contribution in [2.75, 3.05) is 27.7 Å². The Morgan fingerprint density at radius 1 is 1.00 bits per heavy atom. The molecule has 9 nitrogen and oxygen atoms in total. The van der Waals surface area contributed by atoms with Gasteiger partial charge in [-0.2, -0.15) is 4.98 Å². The van der Waals surface area contributed by atoms with E-state index in [-0.39, 0.29) is 22.3 Å². The van der Waals surface area contributed by atoms with Gasteiger partial charge in [0.05, 0.1) is 20.3 Å². The molecule has 1 aliphatic rings. The van der Waals surface area contributed by atoms with Gasteiger partial charge in [0.1, 0.15) is 11.6 Å². The van der Waals surface area contributed by atoms with Gasteiger partial charge in [0, 0.05) is 34.6 Å². The van der Waals surface area contributed by atoms with Crippen LogP contribution in [0, 0.1) is 10.6 Å². The molecule has 5 rings (SSSR count). The molecule has 1 atom stereocenters. The van der Waals surface area contributed by atoms with Crippen molar-refractivity contribution in [3.05, 3.63) is 84.8 Å². The van der Waals surface area contributed by atoms with E-state index in [1.807, 2.05) is 0 Å². The van der Waals surface area contributed by atoms with Crippen molar-refractivity contribution in [2.24, 2.45) is 0 Å². The van der Waals surface area contributed by atoms with Gasteiger partial charge in [-0.1, -0.05) is 30.3 Å². The maximum Gasteiger partial charge on any atom is 0.261 e. The molecule has 196 valence electrons. The number of sulfonamides is 1. The van der Waals surface area contributed by atoms with Crippen LogP contribution in [0.5, 0.6) is 0 Å². The summed E-state index contributed by atoms with van der Waals surface area (Å²) in [6, 6.07) is 18.8. The molecule has 0 saturated heterocycles. The Morgan fingerprint density at radius 3 is 2.61 bits per heavy atom. The van der Waals surface area contributed by atoms with Crippen molar-refractivity contribution in [3.8, 4) is 11.1 Å². The summed E-state index contributed by atoms with van der Waals surface area (Å²) in [6.45, 7) is 0.494. The van der Waals surface area contributed by atoms with E-state index in [1.54, 1.807) is 54.7 Å². The maximum absolute atomic E-state index is 15.1. The van der Waals surface area contributed by atoms with E-state index in [0.717, 1.165) is 0 Å². The lowest BCUT2D eigenvalue weighted by molar-refractivity contribution is 0.598. The standard InChI is InChI=1S/C26H25FN6O3S2/c27-23-15-18(11-12-24(23)33-38(35,36)20-8-2-1-3-9-20)22-17-30-26-31-19-7-6-10-21(16-19)37(28,34)14-5-4-13-29-25(22)32-26/h1-3,6-12,15-17,28,33H,4-5,13-14H2,(H2,29,30,31,32). The first-order valence-electron chi connectivity index (χ1n) is 11.8. The van der Waals surface area contributed by atoms with E-state index < -0.39 is 25.6 Å². The fourth-order valence-electron chi connectivity index (χ4n) is 4.02. The molecule has 1 unspecified atom stereocenters. The molecule has 2 heterocycles. The second-order valence-electron chi connectivity index (χ2n) is 8.74. The van der Waals surface area contributed by atoms with Gasteiger partial charge >= 0.3 is 0 Å². The highest BCUT2D eigenvalue weighted by Crippen LogP contribution is 2.31. The molecular formula is C26H25FN6O3S2. The first kappa shape index (κ1) is 25.6. The predicted molar refractivity (Wildman–Crippen MR) is 146 cm³/mol. The Morgan fingerprint density at radius 2 is 1.82 bits per heavy atom. The van der Waals surface area contributed by atoms with Gasteiger partial charge in [-0.05, 0) is 60.9 Å². The molecule has 0 saturated carbocycles. The van der Waals surface area contributed by atoms with Crippen LogP contribution < -0.4 is 15.4 Å². The summed E-state index contributed by atoms with van der Waals surface area (Å²) in [6.07, 6.45) is 2.78. The van der Waals surface area contributed by atoms with Crippen LogP contribution in [0.1, 0.15) is 12.8 Å². The van der Waals surface area contributed by atoms with E-state index >= 15 is 4.39 Å². The zero-order valence-corrected chi connectivity index (χ0v) is 21.8. The molecule has 38 heavy (non-hydrogen) atoms. The molecule has 0 fully saturated rings. The van der Waals surface area contributed by atoms with Gasteiger partial charge in [-0.3, -0.25) is 4.72 Å². The van der Waals surface area contributed by atoms with Crippen molar-refractivity contribution >= 4 is 42.9 Å². The monoisotopic (exact) mass is 552 g/mol. The second kappa shape index (κ2) is 10.4. The number of nitrogens with one attached hydrogen (secondary N) is 4. The topological polar surface area (TPSA) is 137 Å². The van der Waals surface area contributed by atoms with Gasteiger partial charge in [-0.25, -0.2) is 26.8 Å². The van der Waals surface area contributed by atoms with Crippen LogP contribution in [0.2, 0.25) is 0 Å². The number of benzene rings is 3. The minimum absolute atomic E-state index is 0.0298. The third kappa shape index (κ3) is 5.60. The van der Waals surface area contributed by atoms with Gasteiger partial charge in [-0.15, -0.1) is 0 Å². The van der Waals surface area contributed by atoms with Crippen LogP contribution in [0.25, 0.3) is 11.1 Å². The summed E-state index contributed by atoms with van der Waals surface area (Å²) >= 11 is 0. The third-order valence-corrected chi connectivity index (χ3v) is 9.25. The third-order valence-electron chi connectivity index (χ3n) is 5.99. The van der Waals surface area contributed by atoms with Crippen molar-refractivity contribution in [1.29, 1.82) is 4.78 Å². The summed E-state index contributed by atoms with van der Waals surface area (Å²) in [4.78, 5) is 9.41. The highest BCUT2D eigenvalue weighted by molar-refractivity contribution is 7.93. The summed E-state index contributed by atoms with van der Waals surface area (Å²) in [7, 11) is -6.87. The van der Waals surface area contributed by atoms with Crippen molar-refractivity contribution in [1.82, 2.24) is 9.97 Å². The average molecular weight is 553 g/mol. The molecule has 1 aromatic heterocycles. The molecular weight excluding hydrogens is 527 g/mol. The minimum atomic E-state index is -3.95. The van der Waals surface area contributed by atoms with E-state index in [1.165, 1.54) is 24.3 Å². The highest BCUT2D eigenvalue weighted by Gasteiger charge is 2.18. The average Bonchev–Trinajstić information content (AvgIpc) is 2.90.